The number of benzene rings is 2. The molecule has 27 heavy (non-hydrogen) atoms. The van der Waals surface area contributed by atoms with Crippen molar-refractivity contribution in [3.8, 4) is 0 Å². The molecular formula is C23H28N2O2. The first-order chi connectivity index (χ1) is 13.1. The van der Waals surface area contributed by atoms with Crippen LogP contribution in [-0.4, -0.2) is 29.8 Å². The molecule has 1 heterocycles. The van der Waals surface area contributed by atoms with Crippen LogP contribution in [0.5, 0.6) is 0 Å². The highest BCUT2D eigenvalue weighted by molar-refractivity contribution is 5.99. The summed E-state index contributed by atoms with van der Waals surface area (Å²) in [5.74, 6) is 0.0300. The first kappa shape index (κ1) is 19.2. The molecule has 2 unspecified atom stereocenters. The molecule has 2 aromatic carbocycles. The molecule has 0 bridgehead atoms. The second-order valence-electron chi connectivity index (χ2n) is 7.34. The number of carbonyl (C=O) groups is 2. The molecule has 1 fully saturated rings. The maximum absolute atomic E-state index is 13.0. The average Bonchev–Trinajstić information content (AvgIpc) is 3.23. The van der Waals surface area contributed by atoms with Gasteiger partial charge in [-0.15, -0.1) is 0 Å². The van der Waals surface area contributed by atoms with E-state index in [1.807, 2.05) is 53.4 Å². The van der Waals surface area contributed by atoms with Gasteiger partial charge in [-0.2, -0.15) is 0 Å². The van der Waals surface area contributed by atoms with Gasteiger partial charge in [0.05, 0.1) is 5.92 Å². The monoisotopic (exact) mass is 364 g/mol. The van der Waals surface area contributed by atoms with Crippen LogP contribution in [0.25, 0.3) is 0 Å². The third-order valence-corrected chi connectivity index (χ3v) is 5.42. The van der Waals surface area contributed by atoms with Crippen LogP contribution < -0.4 is 5.32 Å². The first-order valence-corrected chi connectivity index (χ1v) is 9.85. The quantitative estimate of drug-likeness (QED) is 0.808. The number of nitrogens with one attached hydrogen (secondary N) is 1. The van der Waals surface area contributed by atoms with Crippen molar-refractivity contribution in [1.82, 2.24) is 4.90 Å². The van der Waals surface area contributed by atoms with Gasteiger partial charge in [-0.3, -0.25) is 9.59 Å². The molecule has 0 aromatic heterocycles. The Morgan fingerprint density at radius 1 is 1.04 bits per heavy atom. The molecule has 1 aliphatic heterocycles. The Morgan fingerprint density at radius 3 is 2.41 bits per heavy atom. The smallest absolute Gasteiger partial charge is 0.253 e. The summed E-state index contributed by atoms with van der Waals surface area (Å²) in [7, 11) is 0. The predicted octanol–water partition coefficient (Wildman–Crippen LogP) is 4.69. The molecule has 2 atom stereocenters. The molecule has 0 aliphatic carbocycles. The predicted molar refractivity (Wildman–Crippen MR) is 109 cm³/mol. The fourth-order valence-corrected chi connectivity index (χ4v) is 3.69. The van der Waals surface area contributed by atoms with Crippen molar-refractivity contribution in [3.63, 3.8) is 0 Å². The van der Waals surface area contributed by atoms with Crippen molar-refractivity contribution in [2.45, 2.75) is 39.0 Å². The molecule has 1 aliphatic rings. The minimum Gasteiger partial charge on any atom is -0.339 e. The minimum absolute atomic E-state index is 0.0266. The summed E-state index contributed by atoms with van der Waals surface area (Å²) >= 11 is 0. The molecule has 0 saturated carbocycles. The van der Waals surface area contributed by atoms with E-state index in [9.17, 15) is 9.59 Å². The molecule has 142 valence electrons. The number of carbonyl (C=O) groups excluding carboxylic acids is 2. The van der Waals surface area contributed by atoms with E-state index in [-0.39, 0.29) is 23.7 Å². The normalized spacial score (nSPS) is 16.0. The zero-order chi connectivity index (χ0) is 19.2. The van der Waals surface area contributed by atoms with Gasteiger partial charge in [0.1, 0.15) is 0 Å². The molecule has 1 saturated heterocycles. The Kier molecular flexibility index (Phi) is 6.28. The van der Waals surface area contributed by atoms with Crippen molar-refractivity contribution in [2.75, 3.05) is 18.4 Å². The lowest BCUT2D eigenvalue weighted by atomic mass is 9.85. The van der Waals surface area contributed by atoms with Gasteiger partial charge < -0.3 is 10.2 Å². The van der Waals surface area contributed by atoms with E-state index in [1.54, 1.807) is 6.07 Å². The van der Waals surface area contributed by atoms with Crippen molar-refractivity contribution in [3.05, 3.63) is 65.7 Å². The summed E-state index contributed by atoms with van der Waals surface area (Å²) in [6.45, 7) is 5.84. The van der Waals surface area contributed by atoms with Crippen LogP contribution in [-0.2, 0) is 4.79 Å². The van der Waals surface area contributed by atoms with Crippen LogP contribution in [0.3, 0.4) is 0 Å². The van der Waals surface area contributed by atoms with Gasteiger partial charge in [0, 0.05) is 24.3 Å². The fourth-order valence-electron chi connectivity index (χ4n) is 3.69. The summed E-state index contributed by atoms with van der Waals surface area (Å²) in [5.41, 5.74) is 2.33. The summed E-state index contributed by atoms with van der Waals surface area (Å²) in [6.07, 6.45) is 3.05. The highest BCUT2D eigenvalue weighted by atomic mass is 16.2. The summed E-state index contributed by atoms with van der Waals surface area (Å²) < 4.78 is 0. The Morgan fingerprint density at radius 2 is 1.74 bits per heavy atom. The average molecular weight is 364 g/mol. The van der Waals surface area contributed by atoms with Crippen LogP contribution >= 0.6 is 0 Å². The van der Waals surface area contributed by atoms with Crippen LogP contribution in [0.15, 0.2) is 54.6 Å². The Hall–Kier alpha value is -2.62. The Labute approximate surface area is 161 Å². The highest BCUT2D eigenvalue weighted by Gasteiger charge is 2.26. The van der Waals surface area contributed by atoms with Gasteiger partial charge in [-0.1, -0.05) is 56.7 Å². The van der Waals surface area contributed by atoms with E-state index in [0.717, 1.165) is 37.9 Å². The molecule has 0 radical (unpaired) electrons. The molecule has 1 N–H and O–H groups in total. The van der Waals surface area contributed by atoms with Gasteiger partial charge in [0.15, 0.2) is 0 Å². The van der Waals surface area contributed by atoms with Crippen LogP contribution in [0.4, 0.5) is 5.69 Å². The molecule has 4 nitrogen and oxygen atoms in total. The zero-order valence-corrected chi connectivity index (χ0v) is 16.2. The van der Waals surface area contributed by atoms with E-state index in [2.05, 4.69) is 19.2 Å². The molecule has 2 aromatic rings. The molecule has 3 rings (SSSR count). The van der Waals surface area contributed by atoms with Crippen molar-refractivity contribution >= 4 is 17.5 Å². The molecule has 2 amide bonds. The van der Waals surface area contributed by atoms with Crippen molar-refractivity contribution in [2.24, 2.45) is 5.92 Å². The van der Waals surface area contributed by atoms with E-state index < -0.39 is 0 Å². The SMILES string of the molecule is CCC(C)C(C(=O)Nc1cccc(C(=O)N2CCCC2)c1)c1ccccc1. The molecule has 0 spiro atoms. The van der Waals surface area contributed by atoms with Crippen LogP contribution in [0, 0.1) is 5.92 Å². The number of likely N-dealkylation sites (tertiary alicyclic amines) is 1. The first-order valence-electron chi connectivity index (χ1n) is 9.85. The number of hydrogen-bond acceptors (Lipinski definition) is 2. The number of rotatable bonds is 6. The van der Waals surface area contributed by atoms with E-state index in [0.29, 0.717) is 11.3 Å². The summed E-state index contributed by atoms with van der Waals surface area (Å²) in [6, 6.07) is 17.2. The van der Waals surface area contributed by atoms with Gasteiger partial charge in [0.2, 0.25) is 5.91 Å². The zero-order valence-electron chi connectivity index (χ0n) is 16.2. The lowest BCUT2D eigenvalue weighted by Gasteiger charge is -2.23. The second-order valence-corrected chi connectivity index (χ2v) is 7.34. The molecular weight excluding hydrogens is 336 g/mol. The number of nitrogens with zero attached hydrogens (tertiary/aromatic N) is 1. The highest BCUT2D eigenvalue weighted by Crippen LogP contribution is 2.28. The number of hydrogen-bond donors (Lipinski definition) is 1. The topological polar surface area (TPSA) is 49.4 Å². The van der Waals surface area contributed by atoms with E-state index in [1.165, 1.54) is 0 Å². The van der Waals surface area contributed by atoms with Crippen molar-refractivity contribution in [1.29, 1.82) is 0 Å². The van der Waals surface area contributed by atoms with E-state index in [4.69, 9.17) is 0 Å². The number of anilines is 1. The Bertz CT molecular complexity index is 782. The lowest BCUT2D eigenvalue weighted by molar-refractivity contribution is -0.118. The Balaban J connectivity index is 1.77. The maximum atomic E-state index is 13.0. The minimum atomic E-state index is -0.214. The third-order valence-electron chi connectivity index (χ3n) is 5.42. The fraction of sp³-hybridized carbons (Fsp3) is 0.391. The third kappa shape index (κ3) is 4.57. The summed E-state index contributed by atoms with van der Waals surface area (Å²) in [4.78, 5) is 27.5. The van der Waals surface area contributed by atoms with Gasteiger partial charge in [-0.05, 0) is 42.5 Å². The standard InChI is InChI=1S/C23H28N2O2/c1-3-17(2)21(18-10-5-4-6-11-18)22(26)24-20-13-9-12-19(16-20)23(27)25-14-7-8-15-25/h4-6,9-13,16-17,21H,3,7-8,14-15H2,1-2H3,(H,24,26). The van der Waals surface area contributed by atoms with E-state index >= 15 is 0 Å². The maximum Gasteiger partial charge on any atom is 0.253 e. The van der Waals surface area contributed by atoms with Crippen LogP contribution in [0.1, 0.15) is 54.9 Å². The summed E-state index contributed by atoms with van der Waals surface area (Å²) in [5, 5.41) is 3.03. The van der Waals surface area contributed by atoms with Gasteiger partial charge >= 0.3 is 0 Å². The largest absolute Gasteiger partial charge is 0.339 e. The van der Waals surface area contributed by atoms with Crippen molar-refractivity contribution < 1.29 is 9.59 Å². The molecule has 4 heteroatoms. The lowest BCUT2D eigenvalue weighted by Crippen LogP contribution is -2.28. The van der Waals surface area contributed by atoms with Crippen LogP contribution in [0.2, 0.25) is 0 Å². The van der Waals surface area contributed by atoms with Gasteiger partial charge in [0.25, 0.3) is 5.91 Å². The second kappa shape index (κ2) is 8.85. The number of amides is 2. The van der Waals surface area contributed by atoms with Gasteiger partial charge in [-0.25, -0.2) is 0 Å².